The molecule has 0 bridgehead atoms. The third kappa shape index (κ3) is 4.09. The third-order valence-electron chi connectivity index (χ3n) is 4.92. The maximum atomic E-state index is 13.2. The molecule has 7 nitrogen and oxygen atoms in total. The first kappa shape index (κ1) is 22.0. The highest BCUT2D eigenvalue weighted by Crippen LogP contribution is 2.38. The lowest BCUT2D eigenvalue weighted by atomic mass is 10.00. The molecule has 3 rings (SSSR count). The molecule has 2 aromatic carbocycles. The molecule has 0 saturated carbocycles. The van der Waals surface area contributed by atoms with Gasteiger partial charge in [-0.25, -0.2) is 9.59 Å². The minimum absolute atomic E-state index is 0.239. The number of benzene rings is 2. The zero-order chi connectivity index (χ0) is 22.1. The van der Waals surface area contributed by atoms with E-state index in [1.165, 1.54) is 9.80 Å². The van der Waals surface area contributed by atoms with E-state index in [1.54, 1.807) is 68.5 Å². The van der Waals surface area contributed by atoms with Crippen molar-refractivity contribution < 1.29 is 14.8 Å². The largest absolute Gasteiger partial charge is 0.347 e. The Bertz CT molecular complexity index is 982. The van der Waals surface area contributed by atoms with Gasteiger partial charge in [0.2, 0.25) is 0 Å². The van der Waals surface area contributed by atoms with Crippen LogP contribution in [0, 0.1) is 0 Å². The van der Waals surface area contributed by atoms with E-state index in [0.717, 1.165) is 0 Å². The quantitative estimate of drug-likeness (QED) is 0.362. The number of hydrogen-bond acceptors (Lipinski definition) is 3. The Kier molecular flexibility index (Phi) is 6.26. The molecule has 0 unspecified atom stereocenters. The van der Waals surface area contributed by atoms with E-state index in [4.69, 9.17) is 23.2 Å². The van der Waals surface area contributed by atoms with Gasteiger partial charge in [-0.15, -0.1) is 6.58 Å². The van der Waals surface area contributed by atoms with Crippen LogP contribution >= 0.6 is 23.2 Å². The molecule has 0 radical (unpaired) electrons. The van der Waals surface area contributed by atoms with Gasteiger partial charge in [-0.2, -0.15) is 5.06 Å². The second-order valence-electron chi connectivity index (χ2n) is 7.34. The van der Waals surface area contributed by atoms with Gasteiger partial charge in [0.1, 0.15) is 0 Å². The number of hydrogen-bond donors (Lipinski definition) is 2. The summed E-state index contributed by atoms with van der Waals surface area (Å²) in [6.07, 6.45) is 0.550. The molecule has 0 aliphatic carbocycles. The normalized spacial score (nSPS) is 17.8. The van der Waals surface area contributed by atoms with Crippen LogP contribution in [0.15, 0.2) is 61.2 Å². The lowest BCUT2D eigenvalue weighted by molar-refractivity contribution is -0.0941. The van der Waals surface area contributed by atoms with Crippen molar-refractivity contribution in [2.24, 2.45) is 0 Å². The molecule has 0 spiro atoms. The number of hydroxylamine groups is 2. The van der Waals surface area contributed by atoms with Crippen molar-refractivity contribution in [1.82, 2.24) is 9.96 Å². The van der Waals surface area contributed by atoms with Gasteiger partial charge in [-0.1, -0.05) is 41.4 Å². The van der Waals surface area contributed by atoms with Gasteiger partial charge in [0.05, 0.1) is 5.54 Å². The first-order chi connectivity index (χ1) is 14.2. The minimum atomic E-state index is -1.04. The fourth-order valence-electron chi connectivity index (χ4n) is 3.52. The lowest BCUT2D eigenvalue weighted by Crippen LogP contribution is -2.58. The fourth-order valence-corrected chi connectivity index (χ4v) is 3.90. The number of nitrogens with zero attached hydrogens (tertiary/aromatic N) is 3. The molecule has 2 N–H and O–H groups in total. The summed E-state index contributed by atoms with van der Waals surface area (Å²) in [5, 5.41) is 14.9. The number of nitrogens with one attached hydrogen (secondary N) is 1. The highest BCUT2D eigenvalue weighted by Gasteiger charge is 2.55. The number of urea groups is 2. The Balaban J connectivity index is 1.99. The van der Waals surface area contributed by atoms with Crippen molar-refractivity contribution in [2.45, 2.75) is 25.6 Å². The molecule has 2 aromatic rings. The third-order valence-corrected chi connectivity index (χ3v) is 5.39. The van der Waals surface area contributed by atoms with Crippen LogP contribution in [-0.4, -0.2) is 45.5 Å². The molecule has 158 valence electrons. The van der Waals surface area contributed by atoms with Crippen molar-refractivity contribution in [1.29, 1.82) is 0 Å². The number of carbonyl (C=O) groups is 2. The second-order valence-corrected chi connectivity index (χ2v) is 8.22. The molecule has 0 aromatic heterocycles. The fraction of sp³-hybridized carbons (Fsp3) is 0.238. The number of carbonyl (C=O) groups excluding carboxylic acids is 2. The van der Waals surface area contributed by atoms with Crippen LogP contribution in [-0.2, 0) is 0 Å². The molecule has 1 atom stereocenters. The van der Waals surface area contributed by atoms with E-state index in [2.05, 4.69) is 11.9 Å². The Labute approximate surface area is 185 Å². The Morgan fingerprint density at radius 2 is 1.87 bits per heavy atom. The summed E-state index contributed by atoms with van der Waals surface area (Å²) in [6, 6.07) is 12.0. The predicted molar refractivity (Wildman–Crippen MR) is 118 cm³/mol. The molecule has 9 heteroatoms. The van der Waals surface area contributed by atoms with Gasteiger partial charge in [-0.3, -0.25) is 10.1 Å². The zero-order valence-electron chi connectivity index (χ0n) is 16.5. The SMILES string of the molecule is C=CCN1C(=O)N(c2cccc(Cl)c2)[C@H](N(O)C(=O)Nc2cccc(Cl)c2)C1(C)C. The highest BCUT2D eigenvalue weighted by atomic mass is 35.5. The van der Waals surface area contributed by atoms with Gasteiger partial charge in [0.25, 0.3) is 0 Å². The van der Waals surface area contributed by atoms with E-state index in [-0.39, 0.29) is 12.6 Å². The maximum Gasteiger partial charge on any atom is 0.347 e. The van der Waals surface area contributed by atoms with Gasteiger partial charge in [-0.05, 0) is 50.2 Å². The van der Waals surface area contributed by atoms with Crippen molar-refractivity contribution in [2.75, 3.05) is 16.8 Å². The first-order valence-electron chi connectivity index (χ1n) is 9.18. The van der Waals surface area contributed by atoms with Crippen molar-refractivity contribution in [3.8, 4) is 0 Å². The van der Waals surface area contributed by atoms with Crippen LogP contribution in [0.4, 0.5) is 21.0 Å². The maximum absolute atomic E-state index is 13.2. The van der Waals surface area contributed by atoms with Gasteiger partial charge in [0, 0.05) is 28.0 Å². The summed E-state index contributed by atoms with van der Waals surface area (Å²) >= 11 is 12.1. The zero-order valence-corrected chi connectivity index (χ0v) is 18.1. The van der Waals surface area contributed by atoms with E-state index < -0.39 is 17.7 Å². The van der Waals surface area contributed by atoms with Gasteiger partial charge in [0.15, 0.2) is 6.17 Å². The van der Waals surface area contributed by atoms with Crippen LogP contribution < -0.4 is 10.2 Å². The summed E-state index contributed by atoms with van der Waals surface area (Å²) in [5.74, 6) is 0. The number of halogens is 2. The lowest BCUT2D eigenvalue weighted by Gasteiger charge is -2.38. The number of anilines is 2. The minimum Gasteiger partial charge on any atom is -0.311 e. The van der Waals surface area contributed by atoms with Gasteiger partial charge >= 0.3 is 12.1 Å². The predicted octanol–water partition coefficient (Wildman–Crippen LogP) is 5.45. The van der Waals surface area contributed by atoms with E-state index in [9.17, 15) is 14.8 Å². The Hall–Kier alpha value is -2.74. The van der Waals surface area contributed by atoms with E-state index in [0.29, 0.717) is 26.5 Å². The first-order valence-corrected chi connectivity index (χ1v) is 9.94. The van der Waals surface area contributed by atoms with Crippen molar-refractivity contribution >= 4 is 46.6 Å². The standard InChI is InChI=1S/C21H22Cl2N4O3/c1-4-11-25-20(29)26(17-10-6-8-15(23)13-17)18(21(25,2)3)27(30)19(28)24-16-9-5-7-14(22)12-16/h4-10,12-13,18,30H,1,11H2,2-3H3,(H,24,28)/t18-/m1/s1. The monoisotopic (exact) mass is 448 g/mol. The smallest absolute Gasteiger partial charge is 0.311 e. The average molecular weight is 449 g/mol. The molecule has 1 aliphatic heterocycles. The summed E-state index contributed by atoms with van der Waals surface area (Å²) < 4.78 is 0. The van der Waals surface area contributed by atoms with Crippen molar-refractivity contribution in [3.05, 3.63) is 71.2 Å². The van der Waals surface area contributed by atoms with Crippen LogP contribution in [0.1, 0.15) is 13.8 Å². The van der Waals surface area contributed by atoms with Crippen LogP contribution in [0.25, 0.3) is 0 Å². The molecule has 30 heavy (non-hydrogen) atoms. The topological polar surface area (TPSA) is 76.1 Å². The van der Waals surface area contributed by atoms with Crippen LogP contribution in [0.2, 0.25) is 10.0 Å². The Morgan fingerprint density at radius 1 is 1.23 bits per heavy atom. The van der Waals surface area contributed by atoms with Crippen LogP contribution in [0.3, 0.4) is 0 Å². The van der Waals surface area contributed by atoms with E-state index >= 15 is 0 Å². The Morgan fingerprint density at radius 3 is 2.47 bits per heavy atom. The van der Waals surface area contributed by atoms with Gasteiger partial charge < -0.3 is 10.2 Å². The molecule has 1 heterocycles. The second kappa shape index (κ2) is 8.55. The molecule has 1 saturated heterocycles. The highest BCUT2D eigenvalue weighted by molar-refractivity contribution is 6.31. The number of rotatable bonds is 5. The summed E-state index contributed by atoms with van der Waals surface area (Å²) in [5.41, 5.74) is -0.0914. The molecule has 1 aliphatic rings. The molecular formula is C21H22Cl2N4O3. The van der Waals surface area contributed by atoms with Crippen molar-refractivity contribution in [3.63, 3.8) is 0 Å². The summed E-state index contributed by atoms with van der Waals surface area (Å²) in [4.78, 5) is 28.9. The van der Waals surface area contributed by atoms with E-state index in [1.807, 2.05) is 0 Å². The average Bonchev–Trinajstić information content (AvgIpc) is 2.88. The summed E-state index contributed by atoms with van der Waals surface area (Å²) in [7, 11) is 0. The summed E-state index contributed by atoms with van der Waals surface area (Å²) in [6.45, 7) is 7.47. The molecule has 4 amide bonds. The molecule has 1 fully saturated rings. The molecular weight excluding hydrogens is 427 g/mol. The number of amides is 4. The van der Waals surface area contributed by atoms with Crippen LogP contribution in [0.5, 0.6) is 0 Å².